The number of rotatable bonds is 4. The number of halogens is 3. The van der Waals surface area contributed by atoms with Crippen LogP contribution in [-0.2, 0) is 15.8 Å². The number of hydrogen-bond donors (Lipinski definition) is 1. The molecule has 0 unspecified atom stereocenters. The highest BCUT2D eigenvalue weighted by Crippen LogP contribution is 2.40. The molecule has 6 nitrogen and oxygen atoms in total. The van der Waals surface area contributed by atoms with Gasteiger partial charge in [0, 0.05) is 37.8 Å². The van der Waals surface area contributed by atoms with E-state index in [0.29, 0.717) is 25.3 Å². The number of amides is 2. The molecule has 0 bridgehead atoms. The molecule has 1 aromatic rings. The van der Waals surface area contributed by atoms with E-state index in [-0.39, 0.29) is 30.2 Å². The maximum Gasteiger partial charge on any atom is 0.417 e. The number of carbonyl (C=O) groups is 2. The minimum Gasteiger partial charge on any atom is -0.370 e. The van der Waals surface area contributed by atoms with Crippen LogP contribution in [0.2, 0.25) is 0 Å². The van der Waals surface area contributed by atoms with Gasteiger partial charge in [-0.15, -0.1) is 0 Å². The largest absolute Gasteiger partial charge is 0.417 e. The number of primary amides is 1. The molecule has 1 aromatic carbocycles. The minimum atomic E-state index is -4.64. The van der Waals surface area contributed by atoms with Crippen molar-refractivity contribution in [2.45, 2.75) is 38.3 Å². The zero-order valence-electron chi connectivity index (χ0n) is 17.8. The fraction of sp³-hybridized carbons (Fsp3) is 0.609. The molecular formula is C23H27F3N4O2. The summed E-state index contributed by atoms with van der Waals surface area (Å²) in [6, 6.07) is 5.25. The first-order chi connectivity index (χ1) is 15.2. The van der Waals surface area contributed by atoms with Crippen LogP contribution in [0.25, 0.3) is 0 Å². The lowest BCUT2D eigenvalue weighted by Gasteiger charge is -2.39. The van der Waals surface area contributed by atoms with Crippen molar-refractivity contribution in [1.29, 1.82) is 5.26 Å². The van der Waals surface area contributed by atoms with Gasteiger partial charge in [-0.3, -0.25) is 9.59 Å². The smallest absolute Gasteiger partial charge is 0.370 e. The summed E-state index contributed by atoms with van der Waals surface area (Å²) in [7, 11) is 0. The lowest BCUT2D eigenvalue weighted by Crippen LogP contribution is -2.45. The normalized spacial score (nSPS) is 24.8. The van der Waals surface area contributed by atoms with E-state index >= 15 is 0 Å². The number of likely N-dealkylation sites (tertiary alicyclic amines) is 1. The Morgan fingerprint density at radius 3 is 2.31 bits per heavy atom. The van der Waals surface area contributed by atoms with Crippen LogP contribution in [-0.4, -0.2) is 42.9 Å². The van der Waals surface area contributed by atoms with E-state index in [4.69, 9.17) is 11.0 Å². The van der Waals surface area contributed by atoms with E-state index in [1.54, 1.807) is 11.0 Å². The predicted octanol–water partition coefficient (Wildman–Crippen LogP) is 3.15. The summed E-state index contributed by atoms with van der Waals surface area (Å²) in [6.07, 6.45) is -0.0708. The number of alkyl halides is 3. The molecule has 172 valence electrons. The van der Waals surface area contributed by atoms with Gasteiger partial charge in [0.05, 0.1) is 23.1 Å². The molecule has 0 radical (unpaired) electrons. The fourth-order valence-electron chi connectivity index (χ4n) is 5.34. The number of anilines is 1. The van der Waals surface area contributed by atoms with E-state index < -0.39 is 29.1 Å². The Morgan fingerprint density at radius 2 is 1.78 bits per heavy atom. The average molecular weight is 448 g/mol. The Balaban J connectivity index is 1.48. The molecular weight excluding hydrogens is 421 g/mol. The first kappa shape index (κ1) is 22.4. The number of nitriles is 1. The summed E-state index contributed by atoms with van der Waals surface area (Å²) in [6.45, 7) is 1.98. The highest BCUT2D eigenvalue weighted by Gasteiger charge is 2.43. The van der Waals surface area contributed by atoms with Gasteiger partial charge in [-0.2, -0.15) is 18.4 Å². The number of benzene rings is 1. The highest BCUT2D eigenvalue weighted by atomic mass is 19.4. The molecule has 2 heterocycles. The first-order valence-electron chi connectivity index (χ1n) is 11.1. The van der Waals surface area contributed by atoms with Gasteiger partial charge in [-0.1, -0.05) is 6.42 Å². The first-order valence-corrected chi connectivity index (χ1v) is 11.1. The standard InChI is InChI=1S/C23H27F3N4O2/c24-23(25,26)20-10-17(5-4-16(20)11-27)30-12-18(19(13-30)21(28)31)14-6-8-29(9-7-14)22(32)15-2-1-3-15/h4-5,10,14-15,18-19H,1-3,6-9,12-13H2,(H2,28,31)/t18-,19+/m0/s1. The molecule has 4 rings (SSSR count). The molecule has 2 atom stereocenters. The zero-order valence-corrected chi connectivity index (χ0v) is 17.8. The average Bonchev–Trinajstić information content (AvgIpc) is 3.17. The topological polar surface area (TPSA) is 90.4 Å². The van der Waals surface area contributed by atoms with Crippen molar-refractivity contribution in [2.24, 2.45) is 29.4 Å². The van der Waals surface area contributed by atoms with E-state index in [2.05, 4.69) is 0 Å². The van der Waals surface area contributed by atoms with Gasteiger partial charge in [0.25, 0.3) is 0 Å². The van der Waals surface area contributed by atoms with Crippen LogP contribution in [0.3, 0.4) is 0 Å². The monoisotopic (exact) mass is 448 g/mol. The van der Waals surface area contributed by atoms with Crippen LogP contribution in [0.15, 0.2) is 18.2 Å². The summed E-state index contributed by atoms with van der Waals surface area (Å²) < 4.78 is 40.2. The molecule has 3 fully saturated rings. The summed E-state index contributed by atoms with van der Waals surface area (Å²) >= 11 is 0. The van der Waals surface area contributed by atoms with E-state index in [9.17, 15) is 22.8 Å². The van der Waals surface area contributed by atoms with Gasteiger partial charge >= 0.3 is 6.18 Å². The molecule has 32 heavy (non-hydrogen) atoms. The number of carbonyl (C=O) groups excluding carboxylic acids is 2. The van der Waals surface area contributed by atoms with Crippen LogP contribution < -0.4 is 10.6 Å². The third kappa shape index (κ3) is 4.27. The van der Waals surface area contributed by atoms with Crippen molar-refractivity contribution < 1.29 is 22.8 Å². The van der Waals surface area contributed by atoms with Gasteiger partial charge in [0.1, 0.15) is 0 Å². The lowest BCUT2D eigenvalue weighted by atomic mass is 9.77. The zero-order chi connectivity index (χ0) is 23.0. The van der Waals surface area contributed by atoms with Crippen LogP contribution in [0, 0.1) is 35.0 Å². The number of piperidine rings is 1. The van der Waals surface area contributed by atoms with Gasteiger partial charge in [0.15, 0.2) is 0 Å². The number of nitrogens with two attached hydrogens (primary N) is 1. The summed E-state index contributed by atoms with van der Waals surface area (Å²) in [5, 5.41) is 9.03. The second-order valence-electron chi connectivity index (χ2n) is 9.21. The van der Waals surface area contributed by atoms with Crippen molar-refractivity contribution in [3.63, 3.8) is 0 Å². The van der Waals surface area contributed by atoms with Gasteiger partial charge in [-0.05, 0) is 55.7 Å². The van der Waals surface area contributed by atoms with Crippen molar-refractivity contribution in [2.75, 3.05) is 31.1 Å². The van der Waals surface area contributed by atoms with Crippen LogP contribution in [0.1, 0.15) is 43.2 Å². The second-order valence-corrected chi connectivity index (χ2v) is 9.21. The third-order valence-electron chi connectivity index (χ3n) is 7.44. The maximum atomic E-state index is 13.4. The fourth-order valence-corrected chi connectivity index (χ4v) is 5.34. The molecule has 1 saturated carbocycles. The van der Waals surface area contributed by atoms with Crippen molar-refractivity contribution in [3.8, 4) is 6.07 Å². The Morgan fingerprint density at radius 1 is 1.09 bits per heavy atom. The molecule has 1 aliphatic carbocycles. The summed E-state index contributed by atoms with van der Waals surface area (Å²) in [5.41, 5.74) is 4.61. The van der Waals surface area contributed by atoms with Crippen molar-refractivity contribution >= 4 is 17.5 Å². The minimum absolute atomic E-state index is 0.0709. The second kappa shape index (κ2) is 8.64. The maximum absolute atomic E-state index is 13.4. The number of nitrogens with zero attached hydrogens (tertiary/aromatic N) is 3. The highest BCUT2D eigenvalue weighted by molar-refractivity contribution is 5.80. The molecule has 3 aliphatic rings. The van der Waals surface area contributed by atoms with Crippen LogP contribution in [0.4, 0.5) is 18.9 Å². The van der Waals surface area contributed by atoms with E-state index in [1.807, 2.05) is 4.90 Å². The van der Waals surface area contributed by atoms with Crippen LogP contribution in [0.5, 0.6) is 0 Å². The number of hydrogen-bond acceptors (Lipinski definition) is 4. The molecule has 2 aliphatic heterocycles. The SMILES string of the molecule is N#Cc1ccc(N2C[C@@H](C(N)=O)[C@H](C3CCN(C(=O)C4CCC4)CC3)C2)cc1C(F)(F)F. The lowest BCUT2D eigenvalue weighted by molar-refractivity contribution is -0.140. The molecule has 2 N–H and O–H groups in total. The Bertz CT molecular complexity index is 930. The third-order valence-corrected chi connectivity index (χ3v) is 7.44. The van der Waals surface area contributed by atoms with Gasteiger partial charge < -0.3 is 15.5 Å². The molecule has 0 aromatic heterocycles. The Labute approximate surface area is 185 Å². The van der Waals surface area contributed by atoms with Crippen molar-refractivity contribution in [3.05, 3.63) is 29.3 Å². The predicted molar refractivity (Wildman–Crippen MR) is 111 cm³/mol. The Kier molecular flexibility index (Phi) is 6.06. The molecule has 2 amide bonds. The van der Waals surface area contributed by atoms with Crippen LogP contribution >= 0.6 is 0 Å². The van der Waals surface area contributed by atoms with E-state index in [0.717, 1.165) is 38.2 Å². The summed E-state index contributed by atoms with van der Waals surface area (Å²) in [5.74, 6) is -0.409. The summed E-state index contributed by atoms with van der Waals surface area (Å²) in [4.78, 5) is 28.4. The van der Waals surface area contributed by atoms with E-state index in [1.165, 1.54) is 12.1 Å². The van der Waals surface area contributed by atoms with Gasteiger partial charge in [0.2, 0.25) is 11.8 Å². The molecule has 2 saturated heterocycles. The quantitative estimate of drug-likeness (QED) is 0.766. The Hall–Kier alpha value is -2.76. The molecule has 0 spiro atoms. The molecule has 9 heteroatoms. The van der Waals surface area contributed by atoms with Crippen molar-refractivity contribution in [1.82, 2.24) is 4.90 Å². The van der Waals surface area contributed by atoms with Gasteiger partial charge in [-0.25, -0.2) is 0 Å².